The maximum absolute atomic E-state index is 3.48. The van der Waals surface area contributed by atoms with Gasteiger partial charge in [-0.2, -0.15) is 0 Å². The fraction of sp³-hybridized carbons (Fsp3) is 1.00. The third kappa shape index (κ3) is 2.17. The van der Waals surface area contributed by atoms with Crippen LogP contribution in [0.25, 0.3) is 0 Å². The summed E-state index contributed by atoms with van der Waals surface area (Å²) in [5.41, 5.74) is 0. The number of halogens is 2. The number of hydrogen-bond acceptors (Lipinski definition) is 2. The minimum atomic E-state index is 0. The number of likely N-dealkylation sites (tertiary alicyclic amines) is 1. The quantitative estimate of drug-likeness (QED) is 0.780. The Morgan fingerprint density at radius 3 is 2.45 bits per heavy atom. The molecule has 2 aliphatic rings. The minimum Gasteiger partial charge on any atom is -0.311 e. The van der Waals surface area contributed by atoms with Crippen molar-refractivity contribution in [2.24, 2.45) is 0 Å². The summed E-state index contributed by atoms with van der Waals surface area (Å²) < 4.78 is 0. The first-order valence-electron chi connectivity index (χ1n) is 3.87. The van der Waals surface area contributed by atoms with Crippen LogP contribution < -0.4 is 5.32 Å². The van der Waals surface area contributed by atoms with Crippen LogP contribution >= 0.6 is 34.0 Å². The van der Waals surface area contributed by atoms with E-state index in [9.17, 15) is 0 Å². The van der Waals surface area contributed by atoms with Crippen molar-refractivity contribution in [2.75, 3.05) is 19.6 Å². The van der Waals surface area contributed by atoms with E-state index in [1.165, 1.54) is 26.1 Å². The summed E-state index contributed by atoms with van der Waals surface area (Å²) in [6.45, 7) is 6.02. The highest BCUT2D eigenvalue weighted by Gasteiger charge is 2.35. The van der Waals surface area contributed by atoms with E-state index >= 15 is 0 Å². The van der Waals surface area contributed by atoms with E-state index in [0.717, 1.165) is 12.1 Å². The molecule has 2 nitrogen and oxygen atoms in total. The summed E-state index contributed by atoms with van der Waals surface area (Å²) in [6.07, 6.45) is 1.40. The molecule has 2 bridgehead atoms. The Balaban J connectivity index is 0.000000500. The molecule has 0 aromatic heterocycles. The Bertz CT molecular complexity index is 121. The number of hydrogen-bond donors (Lipinski definition) is 1. The Morgan fingerprint density at radius 1 is 1.45 bits per heavy atom. The van der Waals surface area contributed by atoms with Crippen molar-refractivity contribution in [3.8, 4) is 0 Å². The molecule has 68 valence electrons. The van der Waals surface area contributed by atoms with Gasteiger partial charge in [0, 0.05) is 25.2 Å². The molecule has 0 aromatic carbocycles. The van der Waals surface area contributed by atoms with Crippen molar-refractivity contribution in [3.63, 3.8) is 0 Å². The van der Waals surface area contributed by atoms with E-state index in [1.54, 1.807) is 0 Å². The zero-order chi connectivity index (χ0) is 6.27. The van der Waals surface area contributed by atoms with Crippen molar-refractivity contribution in [3.05, 3.63) is 0 Å². The molecule has 2 saturated heterocycles. The third-order valence-corrected chi connectivity index (χ3v) is 2.58. The van der Waals surface area contributed by atoms with Gasteiger partial charge < -0.3 is 5.32 Å². The van der Waals surface area contributed by atoms with Gasteiger partial charge in [-0.1, -0.05) is 6.92 Å². The summed E-state index contributed by atoms with van der Waals surface area (Å²) in [5, 5.41) is 3.48. The van der Waals surface area contributed by atoms with Crippen LogP contribution in [0.3, 0.4) is 0 Å². The van der Waals surface area contributed by atoms with E-state index in [0.29, 0.717) is 0 Å². The highest BCUT2D eigenvalue weighted by Crippen LogP contribution is 2.21. The van der Waals surface area contributed by atoms with Gasteiger partial charge in [-0.3, -0.25) is 4.90 Å². The molecule has 0 saturated carbocycles. The molecule has 2 atom stereocenters. The summed E-state index contributed by atoms with van der Waals surface area (Å²) in [5.74, 6) is 0. The van der Waals surface area contributed by atoms with Crippen LogP contribution in [0.15, 0.2) is 0 Å². The van der Waals surface area contributed by atoms with E-state index in [-0.39, 0.29) is 34.0 Å². The molecule has 11 heavy (non-hydrogen) atoms. The number of likely N-dealkylation sites (N-methyl/N-ethyl adjacent to an activating group) is 1. The minimum absolute atomic E-state index is 0. The van der Waals surface area contributed by atoms with Crippen LogP contribution in [0.1, 0.15) is 13.3 Å². The maximum atomic E-state index is 3.48. The fourth-order valence-electron chi connectivity index (χ4n) is 2.03. The maximum Gasteiger partial charge on any atom is 0.0236 e. The van der Waals surface area contributed by atoms with Crippen LogP contribution in [0.4, 0.5) is 0 Å². The van der Waals surface area contributed by atoms with Gasteiger partial charge in [0.25, 0.3) is 0 Å². The lowest BCUT2D eigenvalue weighted by molar-refractivity contribution is 0.238. The zero-order valence-corrected chi connectivity index (χ0v) is 10.2. The first kappa shape index (κ1) is 11.9. The van der Waals surface area contributed by atoms with Crippen LogP contribution in [-0.2, 0) is 0 Å². The van der Waals surface area contributed by atoms with Gasteiger partial charge >= 0.3 is 0 Å². The van der Waals surface area contributed by atoms with Gasteiger partial charge in [0.15, 0.2) is 0 Å². The molecule has 2 unspecified atom stereocenters. The van der Waals surface area contributed by atoms with Gasteiger partial charge in [0.1, 0.15) is 0 Å². The normalized spacial score (nSPS) is 34.6. The molecule has 2 heterocycles. The molecule has 2 rings (SSSR count). The molecule has 0 spiro atoms. The summed E-state index contributed by atoms with van der Waals surface area (Å²) >= 11 is 0. The summed E-state index contributed by atoms with van der Waals surface area (Å²) in [6, 6.07) is 1.70. The molecule has 1 N–H and O–H groups in total. The second-order valence-electron chi connectivity index (χ2n) is 3.08. The Hall–Kier alpha value is 0.880. The molecule has 2 aliphatic heterocycles. The highest BCUT2D eigenvalue weighted by molar-refractivity contribution is 8.93. The van der Waals surface area contributed by atoms with Gasteiger partial charge in [-0.25, -0.2) is 0 Å². The van der Waals surface area contributed by atoms with Gasteiger partial charge in [0.2, 0.25) is 0 Å². The molecule has 4 heteroatoms. The van der Waals surface area contributed by atoms with Gasteiger partial charge in [0.05, 0.1) is 0 Å². The predicted molar refractivity (Wildman–Crippen MR) is 58.1 cm³/mol. The van der Waals surface area contributed by atoms with E-state index in [4.69, 9.17) is 0 Å². The topological polar surface area (TPSA) is 15.3 Å². The van der Waals surface area contributed by atoms with Gasteiger partial charge in [-0.05, 0) is 13.0 Å². The van der Waals surface area contributed by atoms with Crippen LogP contribution in [0.5, 0.6) is 0 Å². The average Bonchev–Trinajstić information content (AvgIpc) is 2.45. The lowest BCUT2D eigenvalue weighted by atomic mass is 10.2. The molecule has 0 radical (unpaired) electrons. The smallest absolute Gasteiger partial charge is 0.0236 e. The first-order chi connectivity index (χ1) is 4.40. The Labute approximate surface area is 89.3 Å². The number of nitrogens with zero attached hydrogens (tertiary/aromatic N) is 1. The van der Waals surface area contributed by atoms with Crippen molar-refractivity contribution in [1.29, 1.82) is 0 Å². The second kappa shape index (κ2) is 4.80. The Kier molecular flexibility index (Phi) is 5.18. The monoisotopic (exact) mass is 286 g/mol. The van der Waals surface area contributed by atoms with Crippen LogP contribution in [-0.4, -0.2) is 36.6 Å². The fourth-order valence-corrected chi connectivity index (χ4v) is 2.03. The average molecular weight is 288 g/mol. The van der Waals surface area contributed by atoms with Crippen LogP contribution in [0, 0.1) is 0 Å². The SMILES string of the molecule is Br.Br.CCN1CC2CC1CN2. The summed E-state index contributed by atoms with van der Waals surface area (Å²) in [7, 11) is 0. The number of nitrogens with one attached hydrogen (secondary N) is 1. The molecule has 0 amide bonds. The van der Waals surface area contributed by atoms with E-state index < -0.39 is 0 Å². The third-order valence-electron chi connectivity index (χ3n) is 2.58. The van der Waals surface area contributed by atoms with Crippen molar-refractivity contribution in [2.45, 2.75) is 25.4 Å². The number of piperazine rings is 1. The second-order valence-corrected chi connectivity index (χ2v) is 3.08. The van der Waals surface area contributed by atoms with Crippen molar-refractivity contribution >= 4 is 34.0 Å². The highest BCUT2D eigenvalue weighted by atomic mass is 79.9. The summed E-state index contributed by atoms with van der Waals surface area (Å²) in [4.78, 5) is 2.57. The van der Waals surface area contributed by atoms with Gasteiger partial charge in [-0.15, -0.1) is 34.0 Å². The standard InChI is InChI=1S/C7H14N2.2BrH/c1-2-9-5-6-3-7(9)4-8-6;;/h6-8H,2-5H2,1H3;2*1H. The predicted octanol–water partition coefficient (Wildman–Crippen LogP) is 1.21. The number of rotatable bonds is 1. The lowest BCUT2D eigenvalue weighted by Gasteiger charge is -2.25. The van der Waals surface area contributed by atoms with E-state index in [2.05, 4.69) is 17.1 Å². The molecule has 0 aliphatic carbocycles. The number of fused-ring (bicyclic) bond motifs is 2. The van der Waals surface area contributed by atoms with Crippen molar-refractivity contribution < 1.29 is 0 Å². The van der Waals surface area contributed by atoms with Crippen molar-refractivity contribution in [1.82, 2.24) is 10.2 Å². The molecule has 0 aromatic rings. The zero-order valence-electron chi connectivity index (χ0n) is 6.75. The lowest BCUT2D eigenvalue weighted by Crippen LogP contribution is -2.43. The largest absolute Gasteiger partial charge is 0.311 e. The van der Waals surface area contributed by atoms with E-state index in [1.807, 2.05) is 0 Å². The molecular formula is C7H16Br2N2. The van der Waals surface area contributed by atoms with Crippen LogP contribution in [0.2, 0.25) is 0 Å². The molecule has 2 fully saturated rings. The molecular weight excluding hydrogens is 272 g/mol. The first-order valence-corrected chi connectivity index (χ1v) is 3.87. The Morgan fingerprint density at radius 2 is 2.18 bits per heavy atom.